The molecule has 2 heterocycles. The van der Waals surface area contributed by atoms with Crippen molar-refractivity contribution in [3.8, 4) is 0 Å². The molecule has 1 amide bonds. The van der Waals surface area contributed by atoms with Gasteiger partial charge in [0, 0.05) is 33.2 Å². The topological polar surface area (TPSA) is 80.2 Å². The smallest absolute Gasteiger partial charge is 0.343 e. The third-order valence-corrected chi connectivity index (χ3v) is 2.66. The summed E-state index contributed by atoms with van der Waals surface area (Å²) < 4.78 is 6.37. The number of ether oxygens (including phenoxy) is 1. The Kier molecular flexibility index (Phi) is 3.04. The molecular formula is C9H14N4O3. The molecule has 16 heavy (non-hydrogen) atoms. The van der Waals surface area contributed by atoms with Gasteiger partial charge in [0.25, 0.3) is 0 Å². The van der Waals surface area contributed by atoms with E-state index in [-0.39, 0.29) is 18.2 Å². The zero-order valence-corrected chi connectivity index (χ0v) is 9.10. The molecule has 0 aliphatic carbocycles. The van der Waals surface area contributed by atoms with Gasteiger partial charge in [-0.3, -0.25) is 9.36 Å². The molecule has 0 fully saturated rings. The highest BCUT2D eigenvalue weighted by Crippen LogP contribution is 2.03. The Morgan fingerprint density at radius 1 is 1.50 bits per heavy atom. The molecule has 1 aliphatic heterocycles. The molecule has 0 saturated carbocycles. The Balaban J connectivity index is 2.07. The number of carbonyl (C=O) groups is 1. The summed E-state index contributed by atoms with van der Waals surface area (Å²) in [5, 5.41) is 6.32. The van der Waals surface area contributed by atoms with Crippen molar-refractivity contribution in [1.29, 1.82) is 0 Å². The minimum absolute atomic E-state index is 0.0512. The Labute approximate surface area is 92.0 Å². The number of hydrogen-bond acceptors (Lipinski definition) is 4. The summed E-state index contributed by atoms with van der Waals surface area (Å²) in [6.45, 7) is 1.67. The minimum Gasteiger partial charge on any atom is -0.375 e. The van der Waals surface area contributed by atoms with Crippen LogP contribution in [-0.4, -0.2) is 52.4 Å². The van der Waals surface area contributed by atoms with Crippen LogP contribution in [0.1, 0.15) is 5.82 Å². The van der Waals surface area contributed by atoms with Crippen molar-refractivity contribution in [3.63, 3.8) is 0 Å². The van der Waals surface area contributed by atoms with Crippen molar-refractivity contribution in [1.82, 2.24) is 19.7 Å². The van der Waals surface area contributed by atoms with Gasteiger partial charge in [-0.2, -0.15) is 5.10 Å². The Hall–Kier alpha value is -1.63. The van der Waals surface area contributed by atoms with E-state index in [4.69, 9.17) is 4.74 Å². The second kappa shape index (κ2) is 4.48. The van der Waals surface area contributed by atoms with Crippen LogP contribution in [0.3, 0.4) is 0 Å². The number of rotatable bonds is 2. The first-order valence-corrected chi connectivity index (χ1v) is 5.13. The fourth-order valence-corrected chi connectivity index (χ4v) is 1.80. The van der Waals surface area contributed by atoms with Gasteiger partial charge in [0.2, 0.25) is 5.91 Å². The van der Waals surface area contributed by atoms with Crippen molar-refractivity contribution < 1.29 is 9.53 Å². The molecule has 0 radical (unpaired) electrons. The van der Waals surface area contributed by atoms with E-state index in [1.54, 1.807) is 9.47 Å². The van der Waals surface area contributed by atoms with Crippen LogP contribution < -0.4 is 5.69 Å². The number of fused-ring (bicyclic) bond motifs is 1. The largest absolute Gasteiger partial charge is 0.375 e. The number of hydrogen-bond donors (Lipinski definition) is 1. The van der Waals surface area contributed by atoms with Gasteiger partial charge in [0.15, 0.2) is 0 Å². The number of methoxy groups -OCH3 is 1. The molecule has 2 rings (SSSR count). The van der Waals surface area contributed by atoms with Gasteiger partial charge in [0.05, 0.1) is 0 Å². The SMILES string of the molecule is COCC(=O)N1CCc2n[nH]c(=O)n2CC1. The number of nitrogens with zero attached hydrogens (tertiary/aromatic N) is 3. The van der Waals surface area contributed by atoms with Crippen LogP contribution >= 0.6 is 0 Å². The monoisotopic (exact) mass is 226 g/mol. The summed E-state index contributed by atoms with van der Waals surface area (Å²) in [5.41, 5.74) is -0.212. The lowest BCUT2D eigenvalue weighted by molar-refractivity contribution is -0.135. The molecule has 1 aliphatic rings. The average Bonchev–Trinajstić information content (AvgIpc) is 2.51. The van der Waals surface area contributed by atoms with Gasteiger partial charge >= 0.3 is 5.69 Å². The number of carbonyl (C=O) groups excluding carboxylic acids is 1. The fourth-order valence-electron chi connectivity index (χ4n) is 1.80. The maximum atomic E-state index is 11.6. The van der Waals surface area contributed by atoms with Gasteiger partial charge in [-0.05, 0) is 0 Å². The molecule has 7 nitrogen and oxygen atoms in total. The van der Waals surface area contributed by atoms with Crippen LogP contribution in [-0.2, 0) is 22.5 Å². The number of aromatic amines is 1. The van der Waals surface area contributed by atoms with Gasteiger partial charge in [-0.15, -0.1) is 0 Å². The molecular weight excluding hydrogens is 212 g/mol. The first kappa shape index (κ1) is 10.9. The van der Waals surface area contributed by atoms with Crippen LogP contribution in [0.25, 0.3) is 0 Å². The molecule has 1 aromatic heterocycles. The van der Waals surface area contributed by atoms with E-state index in [2.05, 4.69) is 10.2 Å². The van der Waals surface area contributed by atoms with Crippen molar-refractivity contribution in [3.05, 3.63) is 16.3 Å². The summed E-state index contributed by atoms with van der Waals surface area (Å²) in [6, 6.07) is 0. The highest BCUT2D eigenvalue weighted by atomic mass is 16.5. The van der Waals surface area contributed by atoms with E-state index in [1.807, 2.05) is 0 Å². The summed E-state index contributed by atoms with van der Waals surface area (Å²) in [6.07, 6.45) is 0.591. The van der Waals surface area contributed by atoms with Crippen molar-refractivity contribution in [2.24, 2.45) is 0 Å². The van der Waals surface area contributed by atoms with Crippen LogP contribution in [0.5, 0.6) is 0 Å². The number of nitrogens with one attached hydrogen (secondary N) is 1. The summed E-state index contributed by atoms with van der Waals surface area (Å²) in [7, 11) is 1.49. The maximum Gasteiger partial charge on any atom is 0.343 e. The average molecular weight is 226 g/mol. The third-order valence-electron chi connectivity index (χ3n) is 2.66. The highest BCUT2D eigenvalue weighted by molar-refractivity contribution is 5.77. The van der Waals surface area contributed by atoms with Gasteiger partial charge in [-0.25, -0.2) is 9.89 Å². The minimum atomic E-state index is -0.212. The predicted octanol–water partition coefficient (Wildman–Crippen LogP) is -1.40. The van der Waals surface area contributed by atoms with Gasteiger partial charge < -0.3 is 9.64 Å². The van der Waals surface area contributed by atoms with E-state index in [1.165, 1.54) is 7.11 Å². The molecule has 1 aromatic rings. The lowest BCUT2D eigenvalue weighted by atomic mass is 10.3. The molecule has 7 heteroatoms. The summed E-state index contributed by atoms with van der Waals surface area (Å²) >= 11 is 0. The van der Waals surface area contributed by atoms with Gasteiger partial charge in [-0.1, -0.05) is 0 Å². The number of aromatic nitrogens is 3. The standard InChI is InChI=1S/C9H14N4O3/c1-16-6-8(14)12-3-2-7-10-11-9(15)13(7)5-4-12/h2-6H2,1H3,(H,11,15). The lowest BCUT2D eigenvalue weighted by Crippen LogP contribution is -2.36. The Morgan fingerprint density at radius 2 is 2.31 bits per heavy atom. The molecule has 0 unspecified atom stereocenters. The molecule has 0 aromatic carbocycles. The van der Waals surface area contributed by atoms with E-state index in [9.17, 15) is 9.59 Å². The van der Waals surface area contributed by atoms with Crippen LogP contribution in [0, 0.1) is 0 Å². The predicted molar refractivity (Wildman–Crippen MR) is 55.0 cm³/mol. The van der Waals surface area contributed by atoms with E-state index in [0.717, 1.165) is 0 Å². The number of H-pyrrole nitrogens is 1. The Morgan fingerprint density at radius 3 is 3.06 bits per heavy atom. The Bertz CT molecular complexity index is 436. The first-order valence-electron chi connectivity index (χ1n) is 5.13. The second-order valence-corrected chi connectivity index (χ2v) is 3.66. The summed E-state index contributed by atoms with van der Waals surface area (Å²) in [4.78, 5) is 24.6. The normalized spacial score (nSPS) is 15.7. The molecule has 88 valence electrons. The number of amides is 1. The third kappa shape index (κ3) is 1.99. The van der Waals surface area contributed by atoms with Crippen molar-refractivity contribution in [2.45, 2.75) is 13.0 Å². The maximum absolute atomic E-state index is 11.6. The van der Waals surface area contributed by atoms with E-state index >= 15 is 0 Å². The van der Waals surface area contributed by atoms with Gasteiger partial charge in [0.1, 0.15) is 12.4 Å². The molecule has 0 bridgehead atoms. The second-order valence-electron chi connectivity index (χ2n) is 3.66. The van der Waals surface area contributed by atoms with Crippen molar-refractivity contribution in [2.75, 3.05) is 26.8 Å². The van der Waals surface area contributed by atoms with E-state index in [0.29, 0.717) is 31.9 Å². The van der Waals surface area contributed by atoms with E-state index < -0.39 is 0 Å². The zero-order chi connectivity index (χ0) is 11.5. The van der Waals surface area contributed by atoms with Crippen molar-refractivity contribution >= 4 is 5.91 Å². The fraction of sp³-hybridized carbons (Fsp3) is 0.667. The quantitative estimate of drug-likeness (QED) is 0.672. The first-order chi connectivity index (χ1) is 7.72. The molecule has 0 saturated heterocycles. The van der Waals surface area contributed by atoms with Crippen LogP contribution in [0.4, 0.5) is 0 Å². The molecule has 1 N–H and O–H groups in total. The lowest BCUT2D eigenvalue weighted by Gasteiger charge is -2.19. The molecule has 0 spiro atoms. The van der Waals surface area contributed by atoms with Crippen LogP contribution in [0.2, 0.25) is 0 Å². The van der Waals surface area contributed by atoms with Crippen LogP contribution in [0.15, 0.2) is 4.79 Å². The highest BCUT2D eigenvalue weighted by Gasteiger charge is 2.19. The molecule has 0 atom stereocenters. The zero-order valence-electron chi connectivity index (χ0n) is 9.10. The summed E-state index contributed by atoms with van der Waals surface area (Å²) in [5.74, 6) is 0.655.